The molecule has 0 aromatic carbocycles. The molecule has 0 atom stereocenters. The molecular formula is C9H17N3O3S. The van der Waals surface area contributed by atoms with Crippen molar-refractivity contribution in [2.75, 3.05) is 18.5 Å². The molecule has 0 unspecified atom stereocenters. The zero-order valence-corrected chi connectivity index (χ0v) is 10.7. The Morgan fingerprint density at radius 3 is 2.38 bits per heavy atom. The minimum Gasteiger partial charge on any atom is -0.495 e. The van der Waals surface area contributed by atoms with Gasteiger partial charge in [-0.2, -0.15) is 8.42 Å². The molecular weight excluding hydrogens is 230 g/mol. The summed E-state index contributed by atoms with van der Waals surface area (Å²) in [5.74, 6) is 0.470. The molecule has 7 heteroatoms. The van der Waals surface area contributed by atoms with Crippen LogP contribution in [0.15, 0.2) is 18.5 Å². The van der Waals surface area contributed by atoms with Gasteiger partial charge in [0.2, 0.25) is 0 Å². The van der Waals surface area contributed by atoms with E-state index in [1.807, 2.05) is 13.8 Å². The van der Waals surface area contributed by atoms with E-state index < -0.39 is 10.2 Å². The average molecular weight is 247 g/mol. The molecule has 2 N–H and O–H groups in total. The Balaban J connectivity index is 0.00000106. The molecule has 0 saturated carbocycles. The van der Waals surface area contributed by atoms with Crippen molar-refractivity contribution in [3.05, 3.63) is 18.5 Å². The van der Waals surface area contributed by atoms with Gasteiger partial charge < -0.3 is 4.74 Å². The van der Waals surface area contributed by atoms with Crippen LogP contribution in [0.1, 0.15) is 13.8 Å². The van der Waals surface area contributed by atoms with Gasteiger partial charge in [0.25, 0.3) is 10.2 Å². The maximum absolute atomic E-state index is 11.0. The van der Waals surface area contributed by atoms with Crippen molar-refractivity contribution in [3.63, 3.8) is 0 Å². The molecule has 16 heavy (non-hydrogen) atoms. The van der Waals surface area contributed by atoms with Crippen molar-refractivity contribution >= 4 is 15.9 Å². The molecule has 0 amide bonds. The topological polar surface area (TPSA) is 85.5 Å². The van der Waals surface area contributed by atoms with Gasteiger partial charge in [0.1, 0.15) is 5.75 Å². The van der Waals surface area contributed by atoms with Crippen molar-refractivity contribution in [1.82, 2.24) is 4.98 Å². The Kier molecular flexibility index (Phi) is 5.76. The summed E-state index contributed by atoms with van der Waals surface area (Å²) < 4.78 is 27.7. The molecule has 0 fully saturated rings. The Morgan fingerprint density at radius 1 is 1.38 bits per heavy atom. The number of pyridine rings is 1. The predicted octanol–water partition coefficient (Wildman–Crippen LogP) is 0.756. The fourth-order valence-electron chi connectivity index (χ4n) is 0.838. The van der Waals surface area contributed by atoms with E-state index in [0.717, 1.165) is 4.31 Å². The van der Waals surface area contributed by atoms with Gasteiger partial charge in [-0.3, -0.25) is 9.29 Å². The first-order valence-electron chi connectivity index (χ1n) is 4.71. The van der Waals surface area contributed by atoms with Crippen LogP contribution in [-0.4, -0.2) is 27.6 Å². The minimum absolute atomic E-state index is 0.354. The predicted molar refractivity (Wildman–Crippen MR) is 63.6 cm³/mol. The number of hydrogen-bond donors (Lipinski definition) is 1. The molecule has 0 aliphatic heterocycles. The van der Waals surface area contributed by atoms with E-state index in [-0.39, 0.29) is 0 Å². The highest BCUT2D eigenvalue weighted by molar-refractivity contribution is 7.90. The lowest BCUT2D eigenvalue weighted by Gasteiger charge is -2.15. The van der Waals surface area contributed by atoms with Gasteiger partial charge in [0, 0.05) is 13.1 Å². The highest BCUT2D eigenvalue weighted by atomic mass is 32.2. The SMILES string of the molecule is CC.COc1cncc(N(C)S(N)(=O)=O)c1. The third-order valence-corrected chi connectivity index (χ3v) is 2.65. The van der Waals surface area contributed by atoms with Gasteiger partial charge >= 0.3 is 0 Å². The van der Waals surface area contributed by atoms with Crippen LogP contribution in [0.25, 0.3) is 0 Å². The van der Waals surface area contributed by atoms with Crippen molar-refractivity contribution in [2.24, 2.45) is 5.14 Å². The monoisotopic (exact) mass is 247 g/mol. The molecule has 0 saturated heterocycles. The second-order valence-corrected chi connectivity index (χ2v) is 4.17. The number of methoxy groups -OCH3 is 1. The molecule has 0 aliphatic rings. The lowest BCUT2D eigenvalue weighted by atomic mass is 10.4. The molecule has 0 radical (unpaired) electrons. The van der Waals surface area contributed by atoms with Gasteiger partial charge in [-0.05, 0) is 0 Å². The van der Waals surface area contributed by atoms with Crippen LogP contribution in [0.4, 0.5) is 5.69 Å². The second kappa shape index (κ2) is 6.29. The third kappa shape index (κ3) is 4.03. The standard InChI is InChI=1S/C7H11N3O3S.C2H6/c1-10(14(8,11)12)6-3-7(13-2)5-9-4-6;1-2/h3-5H,1-2H3,(H2,8,11,12);1-2H3. The van der Waals surface area contributed by atoms with Crippen LogP contribution < -0.4 is 14.2 Å². The number of hydrogen-bond acceptors (Lipinski definition) is 4. The summed E-state index contributed by atoms with van der Waals surface area (Å²) in [6.45, 7) is 4.00. The summed E-state index contributed by atoms with van der Waals surface area (Å²) in [7, 11) is -0.934. The number of nitrogens with zero attached hydrogens (tertiary/aromatic N) is 2. The first-order valence-corrected chi connectivity index (χ1v) is 6.21. The molecule has 1 aromatic rings. The highest BCUT2D eigenvalue weighted by Crippen LogP contribution is 2.18. The molecule has 1 aromatic heterocycles. The summed E-state index contributed by atoms with van der Waals surface area (Å²) in [6.07, 6.45) is 2.85. The van der Waals surface area contributed by atoms with Gasteiger partial charge in [-0.25, -0.2) is 5.14 Å². The fraction of sp³-hybridized carbons (Fsp3) is 0.444. The zero-order valence-electron chi connectivity index (χ0n) is 9.84. The number of anilines is 1. The largest absolute Gasteiger partial charge is 0.495 e. The fourth-order valence-corrected chi connectivity index (χ4v) is 1.23. The van der Waals surface area contributed by atoms with E-state index in [9.17, 15) is 8.42 Å². The third-order valence-electron chi connectivity index (χ3n) is 1.68. The van der Waals surface area contributed by atoms with E-state index in [1.165, 1.54) is 32.6 Å². The molecule has 6 nitrogen and oxygen atoms in total. The Labute approximate surface area is 96.2 Å². The van der Waals surface area contributed by atoms with Crippen LogP contribution in [0.5, 0.6) is 5.75 Å². The van der Waals surface area contributed by atoms with Crippen molar-refractivity contribution in [2.45, 2.75) is 13.8 Å². The molecule has 0 aliphatic carbocycles. The first kappa shape index (κ1) is 14.7. The minimum atomic E-state index is -3.74. The van der Waals surface area contributed by atoms with Crippen LogP contribution in [0.3, 0.4) is 0 Å². The molecule has 0 spiro atoms. The summed E-state index contributed by atoms with van der Waals surface area (Å²) in [5.41, 5.74) is 0.354. The Bertz CT molecular complexity index is 420. The number of rotatable bonds is 3. The van der Waals surface area contributed by atoms with Crippen molar-refractivity contribution in [3.8, 4) is 5.75 Å². The Morgan fingerprint density at radius 2 is 1.94 bits per heavy atom. The number of aromatic nitrogens is 1. The number of nitrogens with two attached hydrogens (primary N) is 1. The van der Waals surface area contributed by atoms with E-state index in [0.29, 0.717) is 11.4 Å². The van der Waals surface area contributed by atoms with Crippen LogP contribution >= 0.6 is 0 Å². The van der Waals surface area contributed by atoms with Gasteiger partial charge in [0.05, 0.1) is 25.2 Å². The van der Waals surface area contributed by atoms with E-state index in [4.69, 9.17) is 9.88 Å². The normalized spacial score (nSPS) is 10.1. The molecule has 0 bridgehead atoms. The zero-order chi connectivity index (χ0) is 12.8. The summed E-state index contributed by atoms with van der Waals surface area (Å²) in [6, 6.07) is 1.53. The van der Waals surface area contributed by atoms with Crippen LogP contribution in [0, 0.1) is 0 Å². The maximum Gasteiger partial charge on any atom is 0.298 e. The Hall–Kier alpha value is -1.34. The van der Waals surface area contributed by atoms with Gasteiger partial charge in [-0.1, -0.05) is 13.8 Å². The van der Waals surface area contributed by atoms with E-state index in [1.54, 1.807) is 0 Å². The molecule has 1 heterocycles. The summed E-state index contributed by atoms with van der Waals surface area (Å²) >= 11 is 0. The smallest absolute Gasteiger partial charge is 0.298 e. The van der Waals surface area contributed by atoms with Crippen molar-refractivity contribution < 1.29 is 13.2 Å². The first-order chi connectivity index (χ1) is 7.45. The average Bonchev–Trinajstić information content (AvgIpc) is 2.29. The summed E-state index contributed by atoms with van der Waals surface area (Å²) in [4.78, 5) is 3.80. The highest BCUT2D eigenvalue weighted by Gasteiger charge is 2.13. The van der Waals surface area contributed by atoms with Crippen molar-refractivity contribution in [1.29, 1.82) is 0 Å². The quantitative estimate of drug-likeness (QED) is 0.854. The molecule has 1 rings (SSSR count). The second-order valence-electron chi connectivity index (χ2n) is 2.60. The van der Waals surface area contributed by atoms with E-state index in [2.05, 4.69) is 4.98 Å². The summed E-state index contributed by atoms with van der Waals surface area (Å²) in [5, 5.41) is 4.93. The van der Waals surface area contributed by atoms with Gasteiger partial charge in [-0.15, -0.1) is 0 Å². The van der Waals surface area contributed by atoms with E-state index >= 15 is 0 Å². The van der Waals surface area contributed by atoms with Crippen LogP contribution in [0.2, 0.25) is 0 Å². The lowest BCUT2D eigenvalue weighted by Crippen LogP contribution is -2.33. The van der Waals surface area contributed by atoms with Crippen LogP contribution in [-0.2, 0) is 10.2 Å². The lowest BCUT2D eigenvalue weighted by molar-refractivity contribution is 0.413. The molecule has 92 valence electrons. The van der Waals surface area contributed by atoms with Gasteiger partial charge in [0.15, 0.2) is 0 Å². The number of ether oxygens (including phenoxy) is 1. The maximum atomic E-state index is 11.0.